The molecule has 6 nitrogen and oxygen atoms in total. The van der Waals surface area contributed by atoms with Crippen LogP contribution in [0.3, 0.4) is 0 Å². The van der Waals surface area contributed by atoms with Crippen molar-refractivity contribution in [3.05, 3.63) is 59.1 Å². The predicted octanol–water partition coefficient (Wildman–Crippen LogP) is 3.23. The zero-order chi connectivity index (χ0) is 21.3. The Hall–Kier alpha value is -2.28. The van der Waals surface area contributed by atoms with Crippen molar-refractivity contribution >= 4 is 17.5 Å². The number of β-amino-alcohol motifs (C(OH)–C–C–N with tert-alkyl or cyclic N) is 1. The van der Waals surface area contributed by atoms with Crippen molar-refractivity contribution in [2.45, 2.75) is 18.9 Å². The minimum atomic E-state index is -0.531. The standard InChI is InChI=1S/C23H29ClN2O4/c1-29-22-20(8-5-9-21(22)24)23(28)25-14-17-10-12-26(13-11-17)15-18(27)16-30-19-6-3-2-4-7-19/h2-9,17-18,27H,10-16H2,1H3,(H,25,28). The first kappa shape index (κ1) is 22.4. The van der Waals surface area contributed by atoms with Crippen LogP contribution in [0, 0.1) is 5.92 Å². The van der Waals surface area contributed by atoms with Crippen molar-refractivity contribution in [1.82, 2.24) is 10.2 Å². The summed E-state index contributed by atoms with van der Waals surface area (Å²) in [7, 11) is 1.51. The summed E-state index contributed by atoms with van der Waals surface area (Å²) in [5.41, 5.74) is 0.448. The summed E-state index contributed by atoms with van der Waals surface area (Å²) in [6.07, 6.45) is 1.41. The summed E-state index contributed by atoms with van der Waals surface area (Å²) in [6, 6.07) is 14.7. The number of rotatable bonds is 9. The van der Waals surface area contributed by atoms with Crippen LogP contribution >= 0.6 is 11.6 Å². The number of benzene rings is 2. The maximum absolute atomic E-state index is 12.5. The second-order valence-corrected chi connectivity index (χ2v) is 7.96. The third-order valence-corrected chi connectivity index (χ3v) is 5.63. The highest BCUT2D eigenvalue weighted by atomic mass is 35.5. The van der Waals surface area contributed by atoms with E-state index < -0.39 is 6.10 Å². The number of likely N-dealkylation sites (tertiary alicyclic amines) is 1. The largest absolute Gasteiger partial charge is 0.494 e. The number of methoxy groups -OCH3 is 1. The van der Waals surface area contributed by atoms with E-state index in [1.54, 1.807) is 18.2 Å². The Bertz CT molecular complexity index is 810. The van der Waals surface area contributed by atoms with Gasteiger partial charge in [-0.2, -0.15) is 0 Å². The van der Waals surface area contributed by atoms with E-state index in [0.29, 0.717) is 35.3 Å². The van der Waals surface area contributed by atoms with Crippen LogP contribution in [0.2, 0.25) is 5.02 Å². The smallest absolute Gasteiger partial charge is 0.255 e. The second kappa shape index (κ2) is 11.2. The van der Waals surface area contributed by atoms with Gasteiger partial charge in [0.2, 0.25) is 0 Å². The van der Waals surface area contributed by atoms with Crippen LogP contribution in [0.15, 0.2) is 48.5 Å². The van der Waals surface area contributed by atoms with Gasteiger partial charge < -0.3 is 24.8 Å². The number of aliphatic hydroxyl groups is 1. The first-order valence-electron chi connectivity index (χ1n) is 10.3. The van der Waals surface area contributed by atoms with E-state index in [4.69, 9.17) is 21.1 Å². The lowest BCUT2D eigenvalue weighted by Crippen LogP contribution is -2.42. The quantitative estimate of drug-likeness (QED) is 0.636. The minimum absolute atomic E-state index is 0.176. The topological polar surface area (TPSA) is 71.0 Å². The van der Waals surface area contributed by atoms with Crippen molar-refractivity contribution < 1.29 is 19.4 Å². The molecule has 0 bridgehead atoms. The molecule has 1 amide bonds. The third-order valence-electron chi connectivity index (χ3n) is 5.33. The molecule has 2 aromatic carbocycles. The average Bonchev–Trinajstić information content (AvgIpc) is 2.77. The van der Waals surface area contributed by atoms with E-state index in [9.17, 15) is 9.90 Å². The summed E-state index contributed by atoms with van der Waals surface area (Å²) in [6.45, 7) is 3.27. The van der Waals surface area contributed by atoms with E-state index >= 15 is 0 Å². The molecular formula is C23H29ClN2O4. The lowest BCUT2D eigenvalue weighted by Gasteiger charge is -2.33. The molecule has 1 aliphatic heterocycles. The first-order chi connectivity index (χ1) is 14.6. The number of amides is 1. The summed E-state index contributed by atoms with van der Waals surface area (Å²) in [4.78, 5) is 14.8. The first-order valence-corrected chi connectivity index (χ1v) is 10.6. The van der Waals surface area contributed by atoms with Gasteiger partial charge in [0, 0.05) is 13.1 Å². The second-order valence-electron chi connectivity index (χ2n) is 7.55. The molecule has 0 spiro atoms. The summed E-state index contributed by atoms with van der Waals surface area (Å²) in [5, 5.41) is 13.7. The van der Waals surface area contributed by atoms with E-state index in [0.717, 1.165) is 31.7 Å². The number of hydrogen-bond acceptors (Lipinski definition) is 5. The molecule has 0 aromatic heterocycles. The number of piperidine rings is 1. The molecule has 0 saturated carbocycles. The summed E-state index contributed by atoms with van der Waals surface area (Å²) < 4.78 is 10.9. The minimum Gasteiger partial charge on any atom is -0.494 e. The van der Waals surface area contributed by atoms with Crippen LogP contribution in [0.25, 0.3) is 0 Å². The fourth-order valence-corrected chi connectivity index (χ4v) is 3.91. The van der Waals surface area contributed by atoms with Gasteiger partial charge in [0.1, 0.15) is 24.2 Å². The fraction of sp³-hybridized carbons (Fsp3) is 0.435. The summed E-state index contributed by atoms with van der Waals surface area (Å²) in [5.74, 6) is 1.40. The molecule has 3 rings (SSSR count). The van der Waals surface area contributed by atoms with Crippen LogP contribution in [-0.2, 0) is 0 Å². The molecule has 0 radical (unpaired) electrons. The summed E-state index contributed by atoms with van der Waals surface area (Å²) >= 11 is 6.10. The number of nitrogens with one attached hydrogen (secondary N) is 1. The van der Waals surface area contributed by atoms with E-state index in [1.807, 2.05) is 30.3 Å². The van der Waals surface area contributed by atoms with Gasteiger partial charge in [-0.1, -0.05) is 35.9 Å². The molecule has 2 aromatic rings. The molecule has 1 aliphatic rings. The van der Waals surface area contributed by atoms with Crippen LogP contribution in [-0.4, -0.2) is 61.9 Å². The number of hydrogen-bond donors (Lipinski definition) is 2. The number of para-hydroxylation sites is 2. The van der Waals surface area contributed by atoms with E-state index in [1.165, 1.54) is 7.11 Å². The highest BCUT2D eigenvalue weighted by molar-refractivity contribution is 6.32. The highest BCUT2D eigenvalue weighted by Crippen LogP contribution is 2.28. The molecule has 30 heavy (non-hydrogen) atoms. The van der Waals surface area contributed by atoms with Gasteiger partial charge in [0.15, 0.2) is 0 Å². The van der Waals surface area contributed by atoms with Gasteiger partial charge in [0.25, 0.3) is 5.91 Å². The molecule has 1 unspecified atom stereocenters. The maximum Gasteiger partial charge on any atom is 0.255 e. The van der Waals surface area contributed by atoms with Crippen molar-refractivity contribution in [2.75, 3.05) is 39.9 Å². The third kappa shape index (κ3) is 6.36. The molecule has 2 N–H and O–H groups in total. The van der Waals surface area contributed by atoms with Gasteiger partial charge in [-0.05, 0) is 56.1 Å². The number of carbonyl (C=O) groups excluding carboxylic acids is 1. The average molecular weight is 433 g/mol. The predicted molar refractivity (Wildman–Crippen MR) is 117 cm³/mol. The van der Waals surface area contributed by atoms with Crippen LogP contribution in [0.4, 0.5) is 0 Å². The molecule has 162 valence electrons. The van der Waals surface area contributed by atoms with Crippen LogP contribution in [0.5, 0.6) is 11.5 Å². The Kier molecular flexibility index (Phi) is 8.37. The van der Waals surface area contributed by atoms with Gasteiger partial charge in [0.05, 0.1) is 17.7 Å². The van der Waals surface area contributed by atoms with Gasteiger partial charge in [-0.25, -0.2) is 0 Å². The normalized spacial score (nSPS) is 16.1. The zero-order valence-electron chi connectivity index (χ0n) is 17.2. The molecule has 1 fully saturated rings. The Morgan fingerprint density at radius 1 is 1.20 bits per heavy atom. The van der Waals surface area contributed by atoms with Crippen LogP contribution < -0.4 is 14.8 Å². The van der Waals surface area contributed by atoms with E-state index in [-0.39, 0.29) is 12.5 Å². The van der Waals surface area contributed by atoms with Crippen molar-refractivity contribution in [3.8, 4) is 11.5 Å². The Labute approximate surface area is 182 Å². The zero-order valence-corrected chi connectivity index (χ0v) is 18.0. The molecule has 1 heterocycles. The molecule has 7 heteroatoms. The van der Waals surface area contributed by atoms with Crippen LogP contribution in [0.1, 0.15) is 23.2 Å². The van der Waals surface area contributed by atoms with Crippen molar-refractivity contribution in [1.29, 1.82) is 0 Å². The SMILES string of the molecule is COc1c(Cl)cccc1C(=O)NCC1CCN(CC(O)COc2ccccc2)CC1. The number of nitrogens with zero attached hydrogens (tertiary/aromatic N) is 1. The fourth-order valence-electron chi connectivity index (χ4n) is 3.66. The molecule has 0 aliphatic carbocycles. The maximum atomic E-state index is 12.5. The molecule has 1 saturated heterocycles. The lowest BCUT2D eigenvalue weighted by atomic mass is 9.96. The number of carbonyl (C=O) groups is 1. The monoisotopic (exact) mass is 432 g/mol. The molecular weight excluding hydrogens is 404 g/mol. The number of ether oxygens (including phenoxy) is 2. The van der Waals surface area contributed by atoms with Crippen molar-refractivity contribution in [2.24, 2.45) is 5.92 Å². The van der Waals surface area contributed by atoms with Gasteiger partial charge >= 0.3 is 0 Å². The number of halogens is 1. The Balaban J connectivity index is 1.37. The molecule has 1 atom stereocenters. The lowest BCUT2D eigenvalue weighted by molar-refractivity contribution is 0.0548. The van der Waals surface area contributed by atoms with Gasteiger partial charge in [-0.15, -0.1) is 0 Å². The Morgan fingerprint density at radius 2 is 1.93 bits per heavy atom. The van der Waals surface area contributed by atoms with E-state index in [2.05, 4.69) is 10.2 Å². The Morgan fingerprint density at radius 3 is 2.63 bits per heavy atom. The number of aliphatic hydroxyl groups excluding tert-OH is 1. The van der Waals surface area contributed by atoms with Gasteiger partial charge in [-0.3, -0.25) is 4.79 Å². The van der Waals surface area contributed by atoms with Crippen molar-refractivity contribution in [3.63, 3.8) is 0 Å². The highest BCUT2D eigenvalue weighted by Gasteiger charge is 2.22.